The monoisotopic (exact) mass is 840 g/mol. The molecule has 0 saturated carbocycles. The molecule has 0 fully saturated rings. The molecule has 0 saturated heterocycles. The number of benzene rings is 1. The third-order valence-corrected chi connectivity index (χ3v) is 13.0. The first kappa shape index (κ1) is 50.6. The number of amides is 1. The SMILES string of the molecule is CCCCCCCCCCCCCCCC(=O)N[C@@H](CSP(=O)([O-])OCC[N+](C)(C)C)[C@H](O)/C=C/CCCCCCCCCNc1ccc([N+](=O)[O-])c2nonc12. The summed E-state index contributed by atoms with van der Waals surface area (Å²) >= 11 is 0.643. The number of hydrogen-bond acceptors (Lipinski definition) is 12. The Kier molecular flexibility index (Phi) is 26.3. The van der Waals surface area contributed by atoms with E-state index in [-0.39, 0.29) is 29.5 Å². The standard InChI is InChI=1S/C41H73N6O8PS/c1-5-6-7-8-9-10-11-12-13-16-19-22-25-28-39(49)43-36(34-57-56(52,53)54-33-32-47(2,3)4)38(48)27-24-21-18-15-14-17-20-23-26-31-42-35-29-30-37(46(50)51)41-40(35)44-55-45-41/h24,27,29-30,36,38,48H,5-23,25-26,28,31-34H2,1-4H3,(H2-,42,43,45,49,52,53)/b27-24+/t36-,38+/m0/s1. The lowest BCUT2D eigenvalue weighted by atomic mass is 10.0. The van der Waals surface area contributed by atoms with Crippen LogP contribution in [0.25, 0.3) is 11.0 Å². The van der Waals surface area contributed by atoms with Gasteiger partial charge in [-0.1, -0.05) is 140 Å². The summed E-state index contributed by atoms with van der Waals surface area (Å²) in [6.45, 7) is -0.646. The Balaban J connectivity index is 1.66. The lowest BCUT2D eigenvalue weighted by Gasteiger charge is -2.29. The highest BCUT2D eigenvalue weighted by atomic mass is 32.7. The van der Waals surface area contributed by atoms with E-state index in [1.54, 1.807) is 12.1 Å². The molecule has 1 aromatic heterocycles. The maximum absolute atomic E-state index is 12.9. The van der Waals surface area contributed by atoms with Gasteiger partial charge < -0.3 is 29.6 Å². The molecule has 14 nitrogen and oxygen atoms in total. The van der Waals surface area contributed by atoms with E-state index in [1.807, 2.05) is 27.2 Å². The minimum Gasteiger partial charge on any atom is -0.770 e. The highest BCUT2D eigenvalue weighted by molar-refractivity contribution is 8.54. The van der Waals surface area contributed by atoms with Crippen molar-refractivity contribution in [3.8, 4) is 0 Å². The average molecular weight is 841 g/mol. The summed E-state index contributed by atoms with van der Waals surface area (Å²) in [6, 6.07) is 2.28. The Morgan fingerprint density at radius 2 is 1.47 bits per heavy atom. The highest BCUT2D eigenvalue weighted by Crippen LogP contribution is 2.51. The van der Waals surface area contributed by atoms with E-state index in [0.29, 0.717) is 46.6 Å². The second-order valence-electron chi connectivity index (χ2n) is 16.2. The predicted molar refractivity (Wildman–Crippen MR) is 230 cm³/mol. The molecule has 3 atom stereocenters. The lowest BCUT2D eigenvalue weighted by molar-refractivity contribution is -0.870. The van der Waals surface area contributed by atoms with Gasteiger partial charge in [0.2, 0.25) is 11.4 Å². The van der Waals surface area contributed by atoms with E-state index in [4.69, 9.17) is 9.15 Å². The molecule has 57 heavy (non-hydrogen) atoms. The van der Waals surface area contributed by atoms with Gasteiger partial charge in [0.05, 0.1) is 43.9 Å². The van der Waals surface area contributed by atoms with Crippen molar-refractivity contribution in [2.75, 3.05) is 51.9 Å². The van der Waals surface area contributed by atoms with E-state index in [1.165, 1.54) is 70.3 Å². The number of hydrogen-bond donors (Lipinski definition) is 3. The molecule has 2 aromatic rings. The van der Waals surface area contributed by atoms with Gasteiger partial charge in [-0.3, -0.25) is 19.5 Å². The second-order valence-corrected chi connectivity index (χ2v) is 20.1. The summed E-state index contributed by atoms with van der Waals surface area (Å²) in [5, 5.41) is 35.8. The molecule has 0 aliphatic carbocycles. The van der Waals surface area contributed by atoms with Crippen LogP contribution in [0.4, 0.5) is 11.4 Å². The molecule has 0 aliphatic heterocycles. The third kappa shape index (κ3) is 24.2. The van der Waals surface area contributed by atoms with Crippen LogP contribution in [0.5, 0.6) is 0 Å². The number of carbonyl (C=O) groups excluding carboxylic acids is 1. The van der Waals surface area contributed by atoms with Crippen molar-refractivity contribution in [3.05, 3.63) is 34.4 Å². The molecule has 16 heteroatoms. The smallest absolute Gasteiger partial charge is 0.300 e. The van der Waals surface area contributed by atoms with E-state index < -0.39 is 23.9 Å². The number of fused-ring (bicyclic) bond motifs is 1. The fraction of sp³-hybridized carbons (Fsp3) is 0.780. The molecular formula is C41H73N6O8PS. The number of nitrogens with zero attached hydrogens (tertiary/aromatic N) is 4. The molecule has 1 unspecified atom stereocenters. The molecule has 0 bridgehead atoms. The molecule has 1 heterocycles. The first-order chi connectivity index (χ1) is 27.3. The molecular weight excluding hydrogens is 768 g/mol. The summed E-state index contributed by atoms with van der Waals surface area (Å²) in [5.74, 6) is -0.180. The summed E-state index contributed by atoms with van der Waals surface area (Å²) < 4.78 is 23.1. The topological polar surface area (TPSA) is 193 Å². The van der Waals surface area contributed by atoms with Gasteiger partial charge in [-0.05, 0) is 42.1 Å². The van der Waals surface area contributed by atoms with Crippen molar-refractivity contribution in [1.82, 2.24) is 15.6 Å². The number of unbranched alkanes of at least 4 members (excludes halogenated alkanes) is 19. The minimum atomic E-state index is -4.21. The van der Waals surface area contributed by atoms with Crippen molar-refractivity contribution in [2.45, 2.75) is 160 Å². The molecule has 1 aromatic carbocycles. The number of quaternary nitrogens is 1. The van der Waals surface area contributed by atoms with Crippen molar-refractivity contribution in [1.29, 1.82) is 0 Å². The van der Waals surface area contributed by atoms with E-state index in [2.05, 4.69) is 27.9 Å². The first-order valence-electron chi connectivity index (χ1n) is 21.5. The largest absolute Gasteiger partial charge is 0.770 e. The quantitative estimate of drug-likeness (QED) is 0.0147. The maximum atomic E-state index is 12.9. The number of aromatic nitrogens is 2. The van der Waals surface area contributed by atoms with Gasteiger partial charge in [-0.15, -0.1) is 0 Å². The Morgan fingerprint density at radius 3 is 2.07 bits per heavy atom. The zero-order valence-electron chi connectivity index (χ0n) is 35.3. The number of allylic oxidation sites excluding steroid dienone is 1. The van der Waals surface area contributed by atoms with Crippen LogP contribution in [0, 0.1) is 10.1 Å². The van der Waals surface area contributed by atoms with Crippen molar-refractivity contribution >= 4 is 46.5 Å². The van der Waals surface area contributed by atoms with Crippen LogP contribution in [0.1, 0.15) is 148 Å². The fourth-order valence-electron chi connectivity index (χ4n) is 6.45. The van der Waals surface area contributed by atoms with E-state index >= 15 is 0 Å². The van der Waals surface area contributed by atoms with Crippen LogP contribution in [0.2, 0.25) is 0 Å². The Hall–Kier alpha value is -2.55. The highest BCUT2D eigenvalue weighted by Gasteiger charge is 2.23. The molecule has 0 radical (unpaired) electrons. The normalized spacial score (nSPS) is 14.2. The summed E-state index contributed by atoms with van der Waals surface area (Å²) in [7, 11) is 5.88. The van der Waals surface area contributed by atoms with Crippen molar-refractivity contribution in [2.24, 2.45) is 0 Å². The third-order valence-electron chi connectivity index (χ3n) is 9.98. The van der Waals surface area contributed by atoms with Gasteiger partial charge in [0, 0.05) is 24.8 Å². The van der Waals surface area contributed by atoms with E-state index in [9.17, 15) is 29.5 Å². The fourth-order valence-corrected chi connectivity index (χ4v) is 8.93. The number of aliphatic hydroxyl groups is 1. The van der Waals surface area contributed by atoms with Crippen LogP contribution in [-0.4, -0.2) is 89.5 Å². The molecule has 1 amide bonds. The number of nitro groups is 1. The van der Waals surface area contributed by atoms with Gasteiger partial charge in [-0.25, -0.2) is 4.63 Å². The van der Waals surface area contributed by atoms with Crippen molar-refractivity contribution < 1.29 is 37.9 Å². The summed E-state index contributed by atoms with van der Waals surface area (Å²) in [5.41, 5.74) is 1.03. The molecule has 326 valence electrons. The van der Waals surface area contributed by atoms with Gasteiger partial charge >= 0.3 is 5.69 Å². The molecule has 0 aliphatic rings. The second kappa shape index (κ2) is 29.6. The Labute approximate surface area is 345 Å². The van der Waals surface area contributed by atoms with E-state index in [0.717, 1.165) is 70.6 Å². The van der Waals surface area contributed by atoms with Crippen molar-refractivity contribution in [3.63, 3.8) is 0 Å². The number of carbonyl (C=O) groups is 1. The minimum absolute atomic E-state index is 0.00778. The predicted octanol–water partition coefficient (Wildman–Crippen LogP) is 9.47. The number of nitrogens with one attached hydrogen (secondary N) is 2. The average Bonchev–Trinajstić information content (AvgIpc) is 3.65. The summed E-state index contributed by atoms with van der Waals surface area (Å²) in [6.07, 6.45) is 26.9. The zero-order chi connectivity index (χ0) is 41.8. The number of anilines is 1. The molecule has 0 spiro atoms. The lowest BCUT2D eigenvalue weighted by Crippen LogP contribution is -2.44. The van der Waals surface area contributed by atoms with Crippen LogP contribution < -0.4 is 15.5 Å². The summed E-state index contributed by atoms with van der Waals surface area (Å²) in [4.78, 5) is 36.2. The van der Waals surface area contributed by atoms with Crippen LogP contribution >= 0.6 is 18.2 Å². The van der Waals surface area contributed by atoms with Gasteiger partial charge in [0.15, 0.2) is 12.3 Å². The first-order valence-corrected chi connectivity index (χ1v) is 24.6. The Morgan fingerprint density at radius 1 is 0.912 bits per heavy atom. The molecule has 3 N–H and O–H groups in total. The van der Waals surface area contributed by atoms with Crippen LogP contribution in [0.3, 0.4) is 0 Å². The van der Waals surface area contributed by atoms with Gasteiger partial charge in [-0.2, -0.15) is 0 Å². The number of nitro benzene ring substituents is 1. The Bertz CT molecular complexity index is 1470. The maximum Gasteiger partial charge on any atom is 0.300 e. The van der Waals surface area contributed by atoms with Crippen LogP contribution in [-0.2, 0) is 13.9 Å². The van der Waals surface area contributed by atoms with Crippen LogP contribution in [0.15, 0.2) is 28.9 Å². The number of aliphatic hydroxyl groups excluding tert-OH is 1. The number of rotatable bonds is 36. The number of likely N-dealkylation sites (N-methyl/N-ethyl adjacent to an activating group) is 1. The zero-order valence-corrected chi connectivity index (χ0v) is 37.0. The van der Waals surface area contributed by atoms with Gasteiger partial charge in [0.25, 0.3) is 0 Å². The molecule has 2 rings (SSSR count). The van der Waals surface area contributed by atoms with Gasteiger partial charge in [0.1, 0.15) is 13.2 Å². The number of non-ortho nitro benzene ring substituents is 1.